The van der Waals surface area contributed by atoms with Crippen LogP contribution in [-0.2, 0) is 75.4 Å². The Kier molecular flexibility index (Phi) is 76.2. The molecule has 25 heteroatoms. The van der Waals surface area contributed by atoms with Gasteiger partial charge in [-0.15, -0.1) is 0 Å². The summed E-state index contributed by atoms with van der Waals surface area (Å²) >= 11 is 0. The lowest BCUT2D eigenvalue weighted by Crippen LogP contribution is -2.66. The lowest BCUT2D eigenvalue weighted by Gasteiger charge is -2.45. The molecular weight excluding hydrogens is 1550 g/mol. The Bertz CT molecular complexity index is 2510. The van der Waals surface area contributed by atoms with E-state index < -0.39 is 133 Å². The van der Waals surface area contributed by atoms with Crippen LogP contribution >= 0.6 is 15.6 Å². The molecule has 2 amide bonds. The van der Waals surface area contributed by atoms with Crippen LogP contribution in [0.4, 0.5) is 0 Å². The second-order valence-corrected chi connectivity index (χ2v) is 37.0. The van der Waals surface area contributed by atoms with Gasteiger partial charge in [0.05, 0.1) is 39.1 Å². The molecule has 1 fully saturated rings. The molecule has 119 heavy (non-hydrogen) atoms. The number of carbonyl (C=O) groups is 6. The molecule has 1 rings (SSSR count). The predicted molar refractivity (Wildman–Crippen MR) is 477 cm³/mol. The number of aliphatic hydroxyl groups is 1. The minimum atomic E-state index is -5.57. The fourth-order valence-corrected chi connectivity index (χ4v) is 16.9. The van der Waals surface area contributed by atoms with Crippen LogP contribution < -0.4 is 5.32 Å². The molecule has 0 saturated carbocycles. The van der Waals surface area contributed by atoms with Crippen LogP contribution in [0.25, 0.3) is 0 Å². The van der Waals surface area contributed by atoms with Gasteiger partial charge in [-0.3, -0.25) is 37.8 Å². The molecule has 0 aromatic rings. The fourth-order valence-electron chi connectivity index (χ4n) is 16.0. The Hall–Kier alpha value is -3.08. The molecule has 0 unspecified atom stereocenters. The van der Waals surface area contributed by atoms with Gasteiger partial charge < -0.3 is 63.3 Å². The van der Waals surface area contributed by atoms with Crippen molar-refractivity contribution in [1.29, 1.82) is 0 Å². The van der Waals surface area contributed by atoms with Gasteiger partial charge in [-0.25, -0.2) is 9.13 Å². The summed E-state index contributed by atoms with van der Waals surface area (Å²) in [5.74, 6) is -3.68. The van der Waals surface area contributed by atoms with Crippen LogP contribution in [-0.4, -0.2) is 147 Å². The number of nitrogens with one attached hydrogen (secondary N) is 1. The van der Waals surface area contributed by atoms with Crippen molar-refractivity contribution in [3.8, 4) is 0 Å². The lowest BCUT2D eigenvalue weighted by atomic mass is 9.96. The normalized spacial score (nSPS) is 16.5. The zero-order valence-corrected chi connectivity index (χ0v) is 78.3. The minimum absolute atomic E-state index is 0.130. The number of hydrogen-bond acceptors (Lipinski definition) is 17. The highest BCUT2D eigenvalue weighted by atomic mass is 31.2. The summed E-state index contributed by atoms with van der Waals surface area (Å²) in [5.41, 5.74) is 0. The second kappa shape index (κ2) is 79.6. The van der Waals surface area contributed by atoms with Gasteiger partial charge >= 0.3 is 39.5 Å². The molecular formula is C94H180N2O21P2. The molecule has 702 valence electrons. The summed E-state index contributed by atoms with van der Waals surface area (Å²) in [6.07, 6.45) is 54.0. The average Bonchev–Trinajstić information content (AvgIpc) is 0.779. The van der Waals surface area contributed by atoms with Crippen molar-refractivity contribution < 1.29 is 100 Å². The number of hydrogen-bond donors (Lipinski definition) is 6. The molecule has 0 radical (unpaired) electrons. The first-order chi connectivity index (χ1) is 57.6. The number of rotatable bonds is 88. The van der Waals surface area contributed by atoms with Crippen LogP contribution in [0, 0.1) is 0 Å². The van der Waals surface area contributed by atoms with E-state index in [0.29, 0.717) is 57.8 Å². The first kappa shape index (κ1) is 114. The van der Waals surface area contributed by atoms with Crippen LogP contribution in [0.5, 0.6) is 0 Å². The topological polar surface area (TPSA) is 327 Å². The van der Waals surface area contributed by atoms with E-state index in [0.717, 1.165) is 193 Å². The molecule has 1 saturated heterocycles. The van der Waals surface area contributed by atoms with Crippen LogP contribution in [0.2, 0.25) is 0 Å². The number of ether oxygens (including phenoxy) is 6. The number of nitrogens with zero attached hydrogens (tertiary/aromatic N) is 1. The van der Waals surface area contributed by atoms with E-state index in [2.05, 4.69) is 46.9 Å². The molecule has 23 nitrogen and oxygen atoms in total. The second-order valence-electron chi connectivity index (χ2n) is 34.6. The molecule has 1 heterocycles. The van der Waals surface area contributed by atoms with Crippen molar-refractivity contribution >= 4 is 51.3 Å². The molecule has 1 aliphatic rings. The van der Waals surface area contributed by atoms with E-state index in [-0.39, 0.29) is 38.8 Å². The molecule has 0 aromatic carbocycles. The smallest absolute Gasteiger partial charge is 0.462 e. The predicted octanol–water partition coefficient (Wildman–Crippen LogP) is 24.3. The Labute approximate surface area is 724 Å². The quantitative estimate of drug-likeness (QED) is 0.0143. The lowest BCUT2D eigenvalue weighted by molar-refractivity contribution is -0.271. The summed E-state index contributed by atoms with van der Waals surface area (Å²) in [7, 11) is -10.6. The van der Waals surface area contributed by atoms with E-state index in [4.69, 9.17) is 37.5 Å². The van der Waals surface area contributed by atoms with E-state index >= 15 is 4.79 Å². The van der Waals surface area contributed by atoms with Gasteiger partial charge in [-0.05, 0) is 57.8 Å². The minimum Gasteiger partial charge on any atom is -0.462 e. The number of phosphoric ester groups is 2. The van der Waals surface area contributed by atoms with Gasteiger partial charge in [-0.1, -0.05) is 388 Å². The maximum Gasteiger partial charge on any atom is 0.470 e. The van der Waals surface area contributed by atoms with Gasteiger partial charge in [0.1, 0.15) is 36.6 Å². The molecule has 8 atom stereocenters. The largest absolute Gasteiger partial charge is 0.470 e. The SMILES string of the molecule is CCCCCCCCCCCCCC(=O)O[C@H](CCCCCCCCCCC)CC(=O)N[C@H]1[C@H](OCCN(CCOP(=O)(O)O)C(=O)C[C@@H](CCCCCCCCCCC)OC(=O)CCCCCCCCCCCCC)O[C@H](CO)[C@@H](OP(=O)(O)O)[C@@H]1OC(=O)C[C@@H](CCCCCCCCCCC)OC(=O)CCCCCCCCCCCCC. The Morgan fingerprint density at radius 3 is 0.941 bits per heavy atom. The van der Waals surface area contributed by atoms with Gasteiger partial charge in [0.15, 0.2) is 12.4 Å². The van der Waals surface area contributed by atoms with Gasteiger partial charge in [-0.2, -0.15) is 0 Å². The summed E-state index contributed by atoms with van der Waals surface area (Å²) in [4.78, 5) is 128. The maximum absolute atomic E-state index is 15.1. The van der Waals surface area contributed by atoms with E-state index in [9.17, 15) is 57.8 Å². The zero-order valence-electron chi connectivity index (χ0n) is 76.6. The number of amides is 2. The van der Waals surface area contributed by atoms with Crippen molar-refractivity contribution in [2.75, 3.05) is 32.9 Å². The number of aliphatic hydroxyl groups excluding tert-OH is 1. The highest BCUT2D eigenvalue weighted by Crippen LogP contribution is 2.43. The summed E-state index contributed by atoms with van der Waals surface area (Å²) < 4.78 is 73.1. The molecule has 0 bridgehead atoms. The highest BCUT2D eigenvalue weighted by molar-refractivity contribution is 7.46. The van der Waals surface area contributed by atoms with Crippen LogP contribution in [0.1, 0.15) is 485 Å². The number of esters is 4. The van der Waals surface area contributed by atoms with E-state index in [1.54, 1.807) is 0 Å². The van der Waals surface area contributed by atoms with Crippen molar-refractivity contribution in [2.45, 2.75) is 534 Å². The zero-order chi connectivity index (χ0) is 87.4. The molecule has 0 aliphatic carbocycles. The summed E-state index contributed by atoms with van der Waals surface area (Å²) in [5, 5.41) is 14.0. The first-order valence-electron chi connectivity index (χ1n) is 49.3. The first-order valence-corrected chi connectivity index (χ1v) is 52.4. The third-order valence-electron chi connectivity index (χ3n) is 23.2. The average molecular weight is 1740 g/mol. The van der Waals surface area contributed by atoms with Crippen molar-refractivity contribution in [3.05, 3.63) is 0 Å². The van der Waals surface area contributed by atoms with Crippen molar-refractivity contribution in [2.24, 2.45) is 0 Å². The number of phosphoric acid groups is 2. The maximum atomic E-state index is 15.1. The molecule has 6 N–H and O–H groups in total. The standard InChI is InChI=1S/C94H180N2O21P2/c1-7-13-19-25-31-37-40-46-52-58-64-70-87(100)112-81(67-61-55-49-43-34-28-22-16-10-4)77-85(98)95-91-93(116-90(103)79-83(69-63-57-51-45-36-30-24-18-12-6)114-89(102)72-66-60-54-48-42-39-33-27-21-15-9-3)92(117-119(107,108)109)84(80-97)115-94(91)110-75-73-96(74-76-111-118(104,105)106)86(99)78-82(68-62-56-50-44-35-29-23-17-11-5)113-88(101)71-65-59-53-47-41-38-32-26-20-14-8-2/h81-84,91-94,97H,7-80H2,1-6H3,(H,95,98)(H2,104,105,106)(H2,107,108,109)/t81-,82-,83-,84-,91-,92-,93-,94-/m1/s1. The third kappa shape index (κ3) is 69.8. The Morgan fingerprint density at radius 1 is 0.353 bits per heavy atom. The van der Waals surface area contributed by atoms with E-state index in [1.807, 2.05) is 0 Å². The third-order valence-corrected chi connectivity index (χ3v) is 24.3. The van der Waals surface area contributed by atoms with Crippen LogP contribution in [0.15, 0.2) is 0 Å². The van der Waals surface area contributed by atoms with Crippen molar-refractivity contribution in [1.82, 2.24) is 10.2 Å². The Morgan fingerprint density at radius 2 is 0.639 bits per heavy atom. The molecule has 0 aromatic heterocycles. The molecule has 1 aliphatic heterocycles. The molecule has 0 spiro atoms. The van der Waals surface area contributed by atoms with Gasteiger partial charge in [0.25, 0.3) is 0 Å². The summed E-state index contributed by atoms with van der Waals surface area (Å²) in [6.45, 7) is 10.4. The fraction of sp³-hybridized carbons (Fsp3) is 0.936. The number of carbonyl (C=O) groups excluding carboxylic acids is 6. The van der Waals surface area contributed by atoms with E-state index in [1.165, 1.54) is 159 Å². The van der Waals surface area contributed by atoms with Gasteiger partial charge in [0, 0.05) is 32.4 Å². The van der Waals surface area contributed by atoms with Gasteiger partial charge in [0.2, 0.25) is 11.8 Å². The monoisotopic (exact) mass is 1740 g/mol. The van der Waals surface area contributed by atoms with Crippen LogP contribution in [0.3, 0.4) is 0 Å². The highest BCUT2D eigenvalue weighted by Gasteiger charge is 2.52. The Balaban J connectivity index is 3.95. The number of unbranched alkanes of at least 4 members (excludes halogenated alkanes) is 54. The van der Waals surface area contributed by atoms with Crippen molar-refractivity contribution in [3.63, 3.8) is 0 Å². The summed E-state index contributed by atoms with van der Waals surface area (Å²) in [6, 6.07) is -1.71.